The molecule has 4 rings (SSSR count). The van der Waals surface area contributed by atoms with E-state index in [0.717, 1.165) is 24.3 Å². The minimum atomic E-state index is -4.42. The van der Waals surface area contributed by atoms with Gasteiger partial charge in [-0.1, -0.05) is 36.0 Å². The van der Waals surface area contributed by atoms with Crippen molar-refractivity contribution in [3.63, 3.8) is 0 Å². The van der Waals surface area contributed by atoms with Crippen LogP contribution in [0.4, 0.5) is 26.3 Å². The molecule has 2 aromatic heterocycles. The van der Waals surface area contributed by atoms with E-state index in [9.17, 15) is 26.3 Å². The zero-order chi connectivity index (χ0) is 23.6. The van der Waals surface area contributed by atoms with Crippen LogP contribution in [0.2, 0.25) is 0 Å². The highest BCUT2D eigenvalue weighted by atomic mass is 32.2. The van der Waals surface area contributed by atoms with Crippen LogP contribution < -0.4 is 4.74 Å². The number of nitrogens with zero attached hydrogens (tertiary/aromatic N) is 4. The van der Waals surface area contributed by atoms with Crippen LogP contribution >= 0.6 is 11.8 Å². The summed E-state index contributed by atoms with van der Waals surface area (Å²) >= 11 is 1.25. The number of alkyl halides is 6. The molecule has 0 radical (unpaired) electrons. The summed E-state index contributed by atoms with van der Waals surface area (Å²) in [6.45, 7) is -0.0343. The summed E-state index contributed by atoms with van der Waals surface area (Å²) in [6, 6.07) is 9.40. The van der Waals surface area contributed by atoms with Gasteiger partial charge in [-0.05, 0) is 35.4 Å². The van der Waals surface area contributed by atoms with Gasteiger partial charge in [0.05, 0.1) is 11.1 Å². The molecule has 0 saturated heterocycles. The molecule has 0 aliphatic carbocycles. The monoisotopic (exact) mass is 484 g/mol. The average Bonchev–Trinajstić information content (AvgIpc) is 3.26. The second kappa shape index (κ2) is 8.93. The topological polar surface area (TPSA) is 52.3 Å². The first-order chi connectivity index (χ1) is 15.6. The Morgan fingerprint density at radius 2 is 1.36 bits per heavy atom. The molecule has 2 heterocycles. The Kier molecular flexibility index (Phi) is 6.19. The van der Waals surface area contributed by atoms with Crippen LogP contribution in [0, 0.1) is 0 Å². The van der Waals surface area contributed by atoms with Crippen molar-refractivity contribution in [2.75, 3.05) is 0 Å². The second-order valence-electron chi connectivity index (χ2n) is 6.88. The number of hydrogen-bond acceptors (Lipinski definition) is 5. The van der Waals surface area contributed by atoms with E-state index in [-0.39, 0.29) is 12.5 Å². The fourth-order valence-corrected chi connectivity index (χ4v) is 3.74. The summed E-state index contributed by atoms with van der Waals surface area (Å²) < 4.78 is 83.3. The molecule has 0 bridgehead atoms. The van der Waals surface area contributed by atoms with Gasteiger partial charge in [-0.25, -0.2) is 4.98 Å². The van der Waals surface area contributed by atoms with Gasteiger partial charge >= 0.3 is 12.4 Å². The maximum Gasteiger partial charge on any atom is 0.416 e. The van der Waals surface area contributed by atoms with Crippen LogP contribution in [0.1, 0.15) is 22.3 Å². The molecular formula is C21H14F6N4OS. The smallest absolute Gasteiger partial charge is 0.416 e. The summed E-state index contributed by atoms with van der Waals surface area (Å²) in [5.74, 6) is 0.449. The van der Waals surface area contributed by atoms with Crippen LogP contribution in [0.25, 0.3) is 5.65 Å². The third kappa shape index (κ3) is 5.38. The Bertz CT molecular complexity index is 1140. The highest BCUT2D eigenvalue weighted by Crippen LogP contribution is 2.31. The molecule has 0 amide bonds. The zero-order valence-electron chi connectivity index (χ0n) is 16.6. The number of rotatable bonds is 6. The molecule has 0 N–H and O–H groups in total. The minimum Gasteiger partial charge on any atom is -0.469 e. The van der Waals surface area contributed by atoms with E-state index in [1.54, 1.807) is 10.6 Å². The number of ether oxygens (including phenoxy) is 1. The van der Waals surface area contributed by atoms with Crippen LogP contribution in [0.5, 0.6) is 5.88 Å². The zero-order valence-corrected chi connectivity index (χ0v) is 17.4. The maximum atomic E-state index is 12.7. The van der Waals surface area contributed by atoms with Crippen LogP contribution in [0.3, 0.4) is 0 Å². The SMILES string of the molecule is FC(F)(F)c1ccc(COc2nnc(SCc3ccc(C(F)(F)F)cc3)n3ccnc23)cc1. The van der Waals surface area contributed by atoms with Crippen molar-refractivity contribution in [3.05, 3.63) is 83.2 Å². The van der Waals surface area contributed by atoms with E-state index in [1.165, 1.54) is 42.2 Å². The summed E-state index contributed by atoms with van der Waals surface area (Å²) in [5, 5.41) is 8.54. The van der Waals surface area contributed by atoms with Crippen molar-refractivity contribution in [2.24, 2.45) is 0 Å². The lowest BCUT2D eigenvalue weighted by Gasteiger charge is -2.10. The molecular weight excluding hydrogens is 470 g/mol. The lowest BCUT2D eigenvalue weighted by molar-refractivity contribution is -0.138. The summed E-state index contributed by atoms with van der Waals surface area (Å²) in [5.41, 5.74) is 0.0616. The lowest BCUT2D eigenvalue weighted by Crippen LogP contribution is -2.06. The third-order valence-corrected chi connectivity index (χ3v) is 5.58. The van der Waals surface area contributed by atoms with Crippen molar-refractivity contribution in [2.45, 2.75) is 29.9 Å². The van der Waals surface area contributed by atoms with Gasteiger partial charge in [-0.3, -0.25) is 4.40 Å². The number of fused-ring (bicyclic) bond motifs is 1. The van der Waals surface area contributed by atoms with Crippen LogP contribution in [0.15, 0.2) is 66.1 Å². The molecule has 0 fully saturated rings. The van der Waals surface area contributed by atoms with E-state index < -0.39 is 23.5 Å². The van der Waals surface area contributed by atoms with Gasteiger partial charge in [0.1, 0.15) is 6.61 Å². The van der Waals surface area contributed by atoms with E-state index in [0.29, 0.717) is 27.7 Å². The van der Waals surface area contributed by atoms with Gasteiger partial charge in [0.2, 0.25) is 5.65 Å². The Morgan fingerprint density at radius 3 is 1.94 bits per heavy atom. The van der Waals surface area contributed by atoms with Gasteiger partial charge in [0.15, 0.2) is 5.16 Å². The van der Waals surface area contributed by atoms with E-state index in [1.807, 2.05) is 0 Å². The van der Waals surface area contributed by atoms with Gasteiger partial charge in [0, 0.05) is 18.1 Å². The summed E-state index contributed by atoms with van der Waals surface area (Å²) in [4.78, 5) is 4.18. The van der Waals surface area contributed by atoms with E-state index >= 15 is 0 Å². The molecule has 0 aliphatic rings. The number of hydrogen-bond donors (Lipinski definition) is 0. The van der Waals surface area contributed by atoms with Gasteiger partial charge in [-0.2, -0.15) is 26.3 Å². The second-order valence-corrected chi connectivity index (χ2v) is 7.82. The largest absolute Gasteiger partial charge is 0.469 e. The molecule has 4 aromatic rings. The highest BCUT2D eigenvalue weighted by molar-refractivity contribution is 7.98. The maximum absolute atomic E-state index is 12.7. The average molecular weight is 484 g/mol. The van der Waals surface area contributed by atoms with Gasteiger partial charge in [0.25, 0.3) is 5.88 Å². The number of benzene rings is 2. The minimum absolute atomic E-state index is 0.0343. The molecule has 0 saturated carbocycles. The molecule has 2 aromatic carbocycles. The highest BCUT2D eigenvalue weighted by Gasteiger charge is 2.30. The first-order valence-electron chi connectivity index (χ1n) is 9.39. The Morgan fingerprint density at radius 1 is 0.788 bits per heavy atom. The number of imidazole rings is 1. The predicted octanol–water partition coefficient (Wildman–Crippen LogP) is 6.03. The first kappa shape index (κ1) is 22.9. The molecule has 12 heteroatoms. The normalized spacial score (nSPS) is 12.3. The van der Waals surface area contributed by atoms with E-state index in [4.69, 9.17) is 4.74 Å². The lowest BCUT2D eigenvalue weighted by atomic mass is 10.1. The number of halogens is 6. The fraction of sp³-hybridized carbons (Fsp3) is 0.190. The van der Waals surface area contributed by atoms with Crippen molar-refractivity contribution >= 4 is 17.4 Å². The van der Waals surface area contributed by atoms with Gasteiger partial charge < -0.3 is 4.74 Å². The quantitative estimate of drug-likeness (QED) is 0.247. The van der Waals surface area contributed by atoms with Crippen molar-refractivity contribution < 1.29 is 31.1 Å². The first-order valence-corrected chi connectivity index (χ1v) is 10.4. The fourth-order valence-electron chi connectivity index (χ4n) is 2.87. The van der Waals surface area contributed by atoms with Crippen molar-refractivity contribution in [1.82, 2.24) is 19.6 Å². The van der Waals surface area contributed by atoms with Gasteiger partial charge in [-0.15, -0.1) is 10.2 Å². The molecule has 0 atom stereocenters. The molecule has 5 nitrogen and oxygen atoms in total. The third-order valence-electron chi connectivity index (χ3n) is 4.57. The van der Waals surface area contributed by atoms with Crippen LogP contribution in [-0.4, -0.2) is 19.6 Å². The standard InChI is InChI=1S/C21H14F6N4OS/c22-20(23,24)15-5-1-13(2-6-15)11-32-18-17-28-9-10-31(17)19(30-29-18)33-12-14-3-7-16(8-4-14)21(25,26)27/h1-10H,11-12H2. The molecule has 33 heavy (non-hydrogen) atoms. The molecule has 0 spiro atoms. The molecule has 172 valence electrons. The number of aromatic nitrogens is 4. The van der Waals surface area contributed by atoms with Crippen molar-refractivity contribution in [1.29, 1.82) is 0 Å². The van der Waals surface area contributed by atoms with Crippen LogP contribution in [-0.2, 0) is 24.7 Å². The Hall–Kier alpha value is -3.28. The Balaban J connectivity index is 1.44. The summed E-state index contributed by atoms with van der Waals surface area (Å²) in [6.07, 6.45) is -5.67. The van der Waals surface area contributed by atoms with Crippen molar-refractivity contribution in [3.8, 4) is 5.88 Å². The summed E-state index contributed by atoms with van der Waals surface area (Å²) in [7, 11) is 0. The molecule has 0 aliphatic heterocycles. The molecule has 0 unspecified atom stereocenters. The van der Waals surface area contributed by atoms with E-state index in [2.05, 4.69) is 15.2 Å². The Labute approximate surface area is 187 Å². The predicted molar refractivity (Wildman–Crippen MR) is 108 cm³/mol. The number of thioether (sulfide) groups is 1.